The number of benzene rings is 2. The van der Waals surface area contributed by atoms with Gasteiger partial charge >= 0.3 is 0 Å². The molecule has 7 heteroatoms. The topological polar surface area (TPSA) is 75.4 Å². The third kappa shape index (κ3) is 4.93. The van der Waals surface area contributed by atoms with Crippen molar-refractivity contribution in [3.8, 4) is 11.3 Å². The molecule has 1 N–H and O–H groups in total. The summed E-state index contributed by atoms with van der Waals surface area (Å²) in [5.41, 5.74) is 2.09. The van der Waals surface area contributed by atoms with E-state index in [1.807, 2.05) is 18.2 Å². The van der Waals surface area contributed by atoms with Crippen LogP contribution in [0.4, 0.5) is 0 Å². The summed E-state index contributed by atoms with van der Waals surface area (Å²) < 4.78 is 33.9. The van der Waals surface area contributed by atoms with E-state index < -0.39 is 10.0 Å². The second-order valence-corrected chi connectivity index (χ2v) is 9.14. The Kier molecular flexibility index (Phi) is 5.80. The van der Waals surface area contributed by atoms with Crippen LogP contribution in [-0.4, -0.2) is 37.4 Å². The van der Waals surface area contributed by atoms with Crippen LogP contribution in [0.1, 0.15) is 24.3 Å². The number of piperidine rings is 1. The van der Waals surface area contributed by atoms with Crippen LogP contribution in [0.15, 0.2) is 70.1 Å². The summed E-state index contributed by atoms with van der Waals surface area (Å²) >= 11 is 0. The highest BCUT2D eigenvalue weighted by atomic mass is 32.2. The van der Waals surface area contributed by atoms with Gasteiger partial charge in [0.05, 0.1) is 11.1 Å². The van der Waals surface area contributed by atoms with Crippen LogP contribution in [0.3, 0.4) is 0 Å². The fourth-order valence-corrected chi connectivity index (χ4v) is 4.94. The van der Waals surface area contributed by atoms with Gasteiger partial charge in [0.2, 0.25) is 10.0 Å². The Morgan fingerprint density at radius 3 is 2.38 bits per heavy atom. The maximum Gasteiger partial charge on any atom is 0.240 e. The summed E-state index contributed by atoms with van der Waals surface area (Å²) in [6.45, 7) is 4.44. The van der Waals surface area contributed by atoms with Crippen LogP contribution < -0.4 is 4.72 Å². The molecule has 0 unspecified atom stereocenters. The molecule has 1 aromatic heterocycles. The minimum Gasteiger partial charge on any atom is -0.441 e. The van der Waals surface area contributed by atoms with Crippen molar-refractivity contribution in [2.45, 2.75) is 37.2 Å². The average Bonchev–Trinajstić information content (AvgIpc) is 3.17. The predicted octanol–water partition coefficient (Wildman–Crippen LogP) is 3.59. The van der Waals surface area contributed by atoms with Crippen molar-refractivity contribution in [3.63, 3.8) is 0 Å². The Morgan fingerprint density at radius 1 is 1.07 bits per heavy atom. The van der Waals surface area contributed by atoms with Crippen molar-refractivity contribution in [1.82, 2.24) is 14.6 Å². The number of sulfonamides is 1. The molecule has 0 atom stereocenters. The fourth-order valence-electron chi connectivity index (χ4n) is 3.63. The Bertz CT molecular complexity index is 1040. The monoisotopic (exact) mass is 411 g/mol. The van der Waals surface area contributed by atoms with E-state index in [2.05, 4.69) is 26.7 Å². The number of nitrogens with one attached hydrogen (secondary N) is 1. The maximum absolute atomic E-state index is 12.8. The highest BCUT2D eigenvalue weighted by Gasteiger charge is 2.24. The van der Waals surface area contributed by atoms with Crippen molar-refractivity contribution in [1.29, 1.82) is 0 Å². The molecule has 0 saturated carbocycles. The van der Waals surface area contributed by atoms with Gasteiger partial charge in [-0.15, -0.1) is 0 Å². The molecule has 2 heterocycles. The van der Waals surface area contributed by atoms with Crippen molar-refractivity contribution < 1.29 is 12.8 Å². The number of aromatic nitrogens is 1. The Morgan fingerprint density at radius 2 is 1.76 bits per heavy atom. The average molecular weight is 412 g/mol. The first kappa shape index (κ1) is 19.8. The van der Waals surface area contributed by atoms with E-state index in [1.54, 1.807) is 37.4 Å². The predicted molar refractivity (Wildman–Crippen MR) is 112 cm³/mol. The summed E-state index contributed by atoms with van der Waals surface area (Å²) in [6, 6.07) is 17.0. The maximum atomic E-state index is 12.8. The molecular weight excluding hydrogens is 386 g/mol. The Balaban J connectivity index is 1.34. The van der Waals surface area contributed by atoms with Crippen molar-refractivity contribution in [2.24, 2.45) is 0 Å². The molecule has 1 aliphatic heterocycles. The first-order valence-corrected chi connectivity index (χ1v) is 11.3. The van der Waals surface area contributed by atoms with Gasteiger partial charge in [-0.05, 0) is 42.7 Å². The Hall–Kier alpha value is -2.48. The zero-order valence-electron chi connectivity index (χ0n) is 16.4. The van der Waals surface area contributed by atoms with Crippen LogP contribution in [0.5, 0.6) is 0 Å². The van der Waals surface area contributed by atoms with E-state index >= 15 is 0 Å². The molecule has 3 aromatic rings. The van der Waals surface area contributed by atoms with Gasteiger partial charge in [0.25, 0.3) is 0 Å². The zero-order valence-corrected chi connectivity index (χ0v) is 17.2. The minimum atomic E-state index is -3.54. The smallest absolute Gasteiger partial charge is 0.240 e. The van der Waals surface area contributed by atoms with Gasteiger partial charge in [0.1, 0.15) is 0 Å². The molecule has 6 nitrogen and oxygen atoms in total. The molecule has 29 heavy (non-hydrogen) atoms. The molecule has 0 bridgehead atoms. The van der Waals surface area contributed by atoms with Crippen LogP contribution in [0, 0.1) is 6.92 Å². The number of likely N-dealkylation sites (tertiary alicyclic amines) is 1. The van der Waals surface area contributed by atoms with Crippen LogP contribution in [-0.2, 0) is 16.6 Å². The number of rotatable bonds is 6. The van der Waals surface area contributed by atoms with Crippen molar-refractivity contribution in [3.05, 3.63) is 72.2 Å². The summed E-state index contributed by atoms with van der Waals surface area (Å²) in [6.07, 6.45) is 3.25. The van der Waals surface area contributed by atoms with Crippen molar-refractivity contribution >= 4 is 10.0 Å². The standard InChI is InChI=1S/C22H25N3O3S/c1-17-23-15-22(28-17)19-7-9-21(10-8-19)29(26,27)24-20-11-13-25(14-12-20)16-18-5-3-2-4-6-18/h2-10,15,20,24H,11-14,16H2,1H3. The zero-order chi connectivity index (χ0) is 20.3. The molecule has 152 valence electrons. The summed E-state index contributed by atoms with van der Waals surface area (Å²) in [4.78, 5) is 6.71. The number of oxazole rings is 1. The minimum absolute atomic E-state index is 0.0383. The molecule has 0 aliphatic carbocycles. The second kappa shape index (κ2) is 8.49. The van der Waals surface area contributed by atoms with Gasteiger partial charge in [-0.2, -0.15) is 0 Å². The molecule has 0 radical (unpaired) electrons. The summed E-state index contributed by atoms with van der Waals surface area (Å²) in [7, 11) is -3.54. The SMILES string of the molecule is Cc1ncc(-c2ccc(S(=O)(=O)NC3CCN(Cc4ccccc4)CC3)cc2)o1. The number of aryl methyl sites for hydroxylation is 1. The quantitative estimate of drug-likeness (QED) is 0.671. The third-order valence-electron chi connectivity index (χ3n) is 5.23. The third-order valence-corrected chi connectivity index (χ3v) is 6.77. The van der Waals surface area contributed by atoms with E-state index in [-0.39, 0.29) is 10.9 Å². The largest absolute Gasteiger partial charge is 0.441 e. The van der Waals surface area contributed by atoms with Crippen LogP contribution in [0.25, 0.3) is 11.3 Å². The molecule has 1 fully saturated rings. The van der Waals surface area contributed by atoms with E-state index in [1.165, 1.54) is 5.56 Å². The Labute approximate surface area is 171 Å². The van der Waals surface area contributed by atoms with E-state index in [0.29, 0.717) is 11.7 Å². The normalized spacial score (nSPS) is 16.2. The van der Waals surface area contributed by atoms with Gasteiger partial charge in [0, 0.05) is 38.2 Å². The second-order valence-electron chi connectivity index (χ2n) is 7.43. The lowest BCUT2D eigenvalue weighted by molar-refractivity contribution is 0.200. The fraction of sp³-hybridized carbons (Fsp3) is 0.318. The highest BCUT2D eigenvalue weighted by Crippen LogP contribution is 2.23. The molecule has 0 spiro atoms. The lowest BCUT2D eigenvalue weighted by Gasteiger charge is -2.32. The van der Waals surface area contributed by atoms with Gasteiger partial charge in [0.15, 0.2) is 11.7 Å². The lowest BCUT2D eigenvalue weighted by atomic mass is 10.1. The van der Waals surface area contributed by atoms with Gasteiger partial charge < -0.3 is 4.42 Å². The molecule has 1 aliphatic rings. The van der Waals surface area contributed by atoms with Crippen LogP contribution in [0.2, 0.25) is 0 Å². The molecule has 1 saturated heterocycles. The molecule has 4 rings (SSSR count). The molecular formula is C22H25N3O3S. The molecule has 2 aromatic carbocycles. The lowest BCUT2D eigenvalue weighted by Crippen LogP contribution is -2.44. The number of hydrogen-bond acceptors (Lipinski definition) is 5. The highest BCUT2D eigenvalue weighted by molar-refractivity contribution is 7.89. The van der Waals surface area contributed by atoms with E-state index in [0.717, 1.165) is 38.0 Å². The first-order valence-electron chi connectivity index (χ1n) is 9.81. The first-order chi connectivity index (χ1) is 14.0. The van der Waals surface area contributed by atoms with Gasteiger partial charge in [-0.1, -0.05) is 30.3 Å². The van der Waals surface area contributed by atoms with Gasteiger partial charge in [-0.3, -0.25) is 4.90 Å². The number of hydrogen-bond donors (Lipinski definition) is 1. The van der Waals surface area contributed by atoms with E-state index in [4.69, 9.17) is 4.42 Å². The van der Waals surface area contributed by atoms with Gasteiger partial charge in [-0.25, -0.2) is 18.1 Å². The van der Waals surface area contributed by atoms with Crippen molar-refractivity contribution in [2.75, 3.05) is 13.1 Å². The summed E-state index contributed by atoms with van der Waals surface area (Å²) in [5, 5.41) is 0. The molecule has 0 amide bonds. The number of nitrogens with zero attached hydrogens (tertiary/aromatic N) is 2. The van der Waals surface area contributed by atoms with E-state index in [9.17, 15) is 8.42 Å². The summed E-state index contributed by atoms with van der Waals surface area (Å²) in [5.74, 6) is 1.21. The van der Waals surface area contributed by atoms with Crippen LogP contribution >= 0.6 is 0 Å².